The van der Waals surface area contributed by atoms with E-state index in [-0.39, 0.29) is 5.91 Å². The van der Waals surface area contributed by atoms with Crippen LogP contribution in [0, 0.1) is 6.92 Å². The van der Waals surface area contributed by atoms with Crippen LogP contribution in [0.5, 0.6) is 11.5 Å². The summed E-state index contributed by atoms with van der Waals surface area (Å²) in [7, 11) is 1.56. The molecule has 0 unspecified atom stereocenters. The van der Waals surface area contributed by atoms with Crippen molar-refractivity contribution in [2.24, 2.45) is 0 Å². The molecule has 0 N–H and O–H groups in total. The summed E-state index contributed by atoms with van der Waals surface area (Å²) in [5, 5.41) is 0.410. The minimum absolute atomic E-state index is 0.122. The van der Waals surface area contributed by atoms with Gasteiger partial charge >= 0.3 is 0 Å². The Morgan fingerprint density at radius 3 is 2.48 bits per heavy atom. The largest absolute Gasteiger partial charge is 0.493 e. The fraction of sp³-hybridized carbons (Fsp3) is 0.154. The van der Waals surface area contributed by atoms with Crippen molar-refractivity contribution in [2.45, 2.75) is 20.1 Å². The van der Waals surface area contributed by atoms with Crippen LogP contribution in [-0.4, -0.2) is 22.2 Å². The molecule has 7 heteroatoms. The van der Waals surface area contributed by atoms with Gasteiger partial charge in [-0.05, 0) is 41.8 Å². The summed E-state index contributed by atoms with van der Waals surface area (Å²) in [4.78, 5) is 15.1. The summed E-state index contributed by atoms with van der Waals surface area (Å²) in [6, 6.07) is 21.5. The van der Waals surface area contributed by atoms with Crippen LogP contribution in [0.25, 0.3) is 6.08 Å². The quantitative estimate of drug-likeness (QED) is 0.271. The van der Waals surface area contributed by atoms with Crippen LogP contribution in [-0.2, 0) is 17.9 Å². The highest BCUT2D eigenvalue weighted by Gasteiger charge is 2.32. The van der Waals surface area contributed by atoms with Crippen LogP contribution < -0.4 is 9.47 Å². The molecule has 4 rings (SSSR count). The molecular formula is C26H22ClNO3S2. The van der Waals surface area contributed by atoms with Gasteiger partial charge in [0.25, 0.3) is 5.91 Å². The van der Waals surface area contributed by atoms with Gasteiger partial charge in [0.1, 0.15) is 10.9 Å². The summed E-state index contributed by atoms with van der Waals surface area (Å²) in [6.07, 6.45) is 1.78. The lowest BCUT2D eigenvalue weighted by molar-refractivity contribution is -0.122. The van der Waals surface area contributed by atoms with Crippen LogP contribution in [0.3, 0.4) is 0 Å². The second kappa shape index (κ2) is 10.4. The van der Waals surface area contributed by atoms with Gasteiger partial charge in [-0.25, -0.2) is 0 Å². The van der Waals surface area contributed by atoms with Crippen LogP contribution in [0.1, 0.15) is 22.3 Å². The zero-order chi connectivity index (χ0) is 23.4. The number of halogens is 1. The Hall–Kier alpha value is -2.80. The SMILES string of the molecule is COc1cc(/C=C2\SC(=S)N(Cc3ccccc3)C2=O)cc(Cl)c1OCc1ccc(C)cc1. The molecule has 1 aliphatic heterocycles. The van der Waals surface area contributed by atoms with E-state index in [1.54, 1.807) is 30.2 Å². The maximum atomic E-state index is 13.0. The van der Waals surface area contributed by atoms with Crippen molar-refractivity contribution in [3.05, 3.63) is 98.9 Å². The van der Waals surface area contributed by atoms with Crippen LogP contribution in [0.2, 0.25) is 5.02 Å². The summed E-state index contributed by atoms with van der Waals surface area (Å²) < 4.78 is 12.0. The van der Waals surface area contributed by atoms with E-state index in [4.69, 9.17) is 33.3 Å². The van der Waals surface area contributed by atoms with E-state index in [2.05, 4.69) is 0 Å². The summed E-state index contributed by atoms with van der Waals surface area (Å²) in [5.74, 6) is 0.845. The first kappa shape index (κ1) is 23.4. The first-order valence-electron chi connectivity index (χ1n) is 10.3. The second-order valence-corrected chi connectivity index (χ2v) is 9.64. The number of thioether (sulfide) groups is 1. The first-order chi connectivity index (χ1) is 15.9. The van der Waals surface area contributed by atoms with Gasteiger partial charge in [0.2, 0.25) is 0 Å². The lowest BCUT2D eigenvalue weighted by Crippen LogP contribution is -2.27. The molecule has 3 aromatic rings. The van der Waals surface area contributed by atoms with Gasteiger partial charge in [0.15, 0.2) is 11.5 Å². The molecule has 3 aromatic carbocycles. The molecule has 33 heavy (non-hydrogen) atoms. The molecule has 1 heterocycles. The highest BCUT2D eigenvalue weighted by atomic mass is 35.5. The van der Waals surface area contributed by atoms with E-state index in [0.717, 1.165) is 16.7 Å². The van der Waals surface area contributed by atoms with Crippen molar-refractivity contribution in [2.75, 3.05) is 7.11 Å². The van der Waals surface area contributed by atoms with Gasteiger partial charge in [-0.1, -0.05) is 95.7 Å². The maximum absolute atomic E-state index is 13.0. The second-order valence-electron chi connectivity index (χ2n) is 7.56. The molecule has 0 atom stereocenters. The number of amides is 1. The highest BCUT2D eigenvalue weighted by Crippen LogP contribution is 2.39. The summed E-state index contributed by atoms with van der Waals surface area (Å²) in [5.41, 5.74) is 3.98. The molecule has 0 radical (unpaired) electrons. The molecule has 1 fully saturated rings. The minimum Gasteiger partial charge on any atom is -0.493 e. The number of benzene rings is 3. The smallest absolute Gasteiger partial charge is 0.266 e. The molecule has 1 aliphatic rings. The average Bonchev–Trinajstić information content (AvgIpc) is 3.07. The molecule has 0 bridgehead atoms. The lowest BCUT2D eigenvalue weighted by atomic mass is 10.1. The molecule has 0 spiro atoms. The van der Waals surface area contributed by atoms with Gasteiger partial charge in [0, 0.05) is 0 Å². The van der Waals surface area contributed by atoms with Crippen molar-refractivity contribution < 1.29 is 14.3 Å². The Balaban J connectivity index is 1.53. The van der Waals surface area contributed by atoms with E-state index in [1.807, 2.05) is 61.5 Å². The Labute approximate surface area is 208 Å². The summed E-state index contributed by atoms with van der Waals surface area (Å²) in [6.45, 7) is 2.85. The molecule has 168 valence electrons. The Morgan fingerprint density at radius 1 is 1.06 bits per heavy atom. The number of nitrogens with zero attached hydrogens (tertiary/aromatic N) is 1. The van der Waals surface area contributed by atoms with Gasteiger partial charge in [-0.2, -0.15) is 0 Å². The van der Waals surface area contributed by atoms with Crippen molar-refractivity contribution in [1.82, 2.24) is 4.90 Å². The number of carbonyl (C=O) groups is 1. The third-order valence-corrected chi connectivity index (χ3v) is 6.77. The fourth-order valence-corrected chi connectivity index (χ4v) is 4.89. The Bertz CT molecular complexity index is 1210. The molecule has 1 amide bonds. The molecule has 1 saturated heterocycles. The standard InChI is InChI=1S/C26H22ClNO3S2/c1-17-8-10-19(11-9-17)16-31-24-21(27)12-20(13-22(24)30-2)14-23-25(29)28(26(32)33-23)15-18-6-4-3-5-7-18/h3-14H,15-16H2,1-2H3/b23-14-. The monoisotopic (exact) mass is 495 g/mol. The zero-order valence-electron chi connectivity index (χ0n) is 18.2. The highest BCUT2D eigenvalue weighted by molar-refractivity contribution is 8.26. The molecule has 4 nitrogen and oxygen atoms in total. The molecular weight excluding hydrogens is 474 g/mol. The number of hydrogen-bond donors (Lipinski definition) is 0. The van der Waals surface area contributed by atoms with E-state index in [9.17, 15) is 4.79 Å². The first-order valence-corrected chi connectivity index (χ1v) is 11.9. The van der Waals surface area contributed by atoms with E-state index >= 15 is 0 Å². The summed E-state index contributed by atoms with van der Waals surface area (Å²) >= 11 is 13.3. The van der Waals surface area contributed by atoms with Crippen LogP contribution >= 0.6 is 35.6 Å². The van der Waals surface area contributed by atoms with Crippen molar-refractivity contribution in [3.8, 4) is 11.5 Å². The van der Waals surface area contributed by atoms with Gasteiger partial charge in [-0.15, -0.1) is 0 Å². The van der Waals surface area contributed by atoms with Gasteiger partial charge in [0.05, 0.1) is 23.6 Å². The third kappa shape index (κ3) is 5.58. The molecule has 0 saturated carbocycles. The van der Waals surface area contributed by atoms with E-state index in [1.165, 1.54) is 17.3 Å². The number of rotatable bonds is 7. The molecule has 0 aromatic heterocycles. The van der Waals surface area contributed by atoms with Crippen LogP contribution in [0.15, 0.2) is 71.6 Å². The predicted molar refractivity (Wildman–Crippen MR) is 139 cm³/mol. The van der Waals surface area contributed by atoms with Crippen molar-refractivity contribution >= 4 is 51.9 Å². The van der Waals surface area contributed by atoms with E-state index < -0.39 is 0 Å². The fourth-order valence-electron chi connectivity index (χ4n) is 3.36. The normalized spacial score (nSPS) is 14.8. The Morgan fingerprint density at radius 2 is 1.79 bits per heavy atom. The number of thiocarbonyl (C=S) groups is 1. The topological polar surface area (TPSA) is 38.8 Å². The van der Waals surface area contributed by atoms with E-state index in [0.29, 0.717) is 38.9 Å². The number of methoxy groups -OCH3 is 1. The number of carbonyl (C=O) groups excluding carboxylic acids is 1. The minimum atomic E-state index is -0.122. The number of hydrogen-bond acceptors (Lipinski definition) is 5. The molecule has 0 aliphatic carbocycles. The maximum Gasteiger partial charge on any atom is 0.266 e. The number of aryl methyl sites for hydroxylation is 1. The van der Waals surface area contributed by atoms with Gasteiger partial charge < -0.3 is 9.47 Å². The third-order valence-electron chi connectivity index (χ3n) is 5.11. The predicted octanol–water partition coefficient (Wildman–Crippen LogP) is 6.64. The lowest BCUT2D eigenvalue weighted by Gasteiger charge is -2.14. The van der Waals surface area contributed by atoms with Gasteiger partial charge in [-0.3, -0.25) is 9.69 Å². The Kier molecular flexibility index (Phi) is 7.38. The average molecular weight is 496 g/mol. The van der Waals surface area contributed by atoms with Crippen LogP contribution in [0.4, 0.5) is 0 Å². The number of ether oxygens (including phenoxy) is 2. The van der Waals surface area contributed by atoms with Crippen molar-refractivity contribution in [3.63, 3.8) is 0 Å². The zero-order valence-corrected chi connectivity index (χ0v) is 20.6. The van der Waals surface area contributed by atoms with Crippen molar-refractivity contribution in [1.29, 1.82) is 0 Å².